The molecule has 0 aliphatic carbocycles. The molecular weight excluding hydrogens is 782 g/mol. The van der Waals surface area contributed by atoms with Crippen LogP contribution >= 0.6 is 8.25 Å². The van der Waals surface area contributed by atoms with Crippen molar-refractivity contribution in [3.63, 3.8) is 0 Å². The fourth-order valence-corrected chi connectivity index (χ4v) is 8.40. The van der Waals surface area contributed by atoms with E-state index in [1.807, 2.05) is 92.0 Å². The molecule has 58 heavy (non-hydrogen) atoms. The summed E-state index contributed by atoms with van der Waals surface area (Å²) in [5.74, 6) is 0.498. The van der Waals surface area contributed by atoms with Gasteiger partial charge in [-0.05, 0) is 59.1 Å². The first kappa shape index (κ1) is 42.8. The average Bonchev–Trinajstić information content (AvgIpc) is 3.76. The number of carbonyl (C=O) groups excluding carboxylic acids is 1. The van der Waals surface area contributed by atoms with E-state index in [9.17, 15) is 19.0 Å². The topological polar surface area (TPSA) is 185 Å². The second-order valence-corrected chi connectivity index (χ2v) is 21.4. The van der Waals surface area contributed by atoms with Crippen LogP contribution in [0.1, 0.15) is 57.5 Å². The van der Waals surface area contributed by atoms with Crippen molar-refractivity contribution < 1.29 is 42.2 Å². The van der Waals surface area contributed by atoms with Gasteiger partial charge in [0.2, 0.25) is 11.9 Å². The third-order valence-corrected chi connectivity index (χ3v) is 15.7. The van der Waals surface area contributed by atoms with E-state index >= 15 is 0 Å². The van der Waals surface area contributed by atoms with Gasteiger partial charge in [-0.15, -0.1) is 9.42 Å². The highest BCUT2D eigenvalue weighted by molar-refractivity contribution is 7.32. The summed E-state index contributed by atoms with van der Waals surface area (Å²) in [4.78, 5) is 47.8. The molecule has 3 aromatic carbocycles. The lowest BCUT2D eigenvalue weighted by Crippen LogP contribution is -2.49. The highest BCUT2D eigenvalue weighted by Crippen LogP contribution is 2.47. The van der Waals surface area contributed by atoms with Gasteiger partial charge in [0, 0.05) is 10.5 Å². The van der Waals surface area contributed by atoms with Gasteiger partial charge in [0.25, 0.3) is 5.56 Å². The van der Waals surface area contributed by atoms with E-state index in [0.717, 1.165) is 16.7 Å². The van der Waals surface area contributed by atoms with Crippen molar-refractivity contribution in [1.82, 2.24) is 19.5 Å². The monoisotopic (exact) mass is 832 g/mol. The van der Waals surface area contributed by atoms with E-state index < -0.39 is 52.3 Å². The third-order valence-electron chi connectivity index (χ3n) is 10.8. The Kier molecular flexibility index (Phi) is 12.7. The predicted octanol–water partition coefficient (Wildman–Crippen LogP) is 7.06. The first-order chi connectivity index (χ1) is 27.5. The molecule has 1 saturated heterocycles. The minimum atomic E-state index is -3.17. The van der Waals surface area contributed by atoms with Crippen LogP contribution in [0.3, 0.4) is 0 Å². The van der Waals surface area contributed by atoms with Crippen molar-refractivity contribution in [2.24, 2.45) is 5.92 Å². The van der Waals surface area contributed by atoms with Crippen molar-refractivity contribution in [3.8, 4) is 11.5 Å². The lowest BCUT2D eigenvalue weighted by molar-refractivity contribution is -0.118. The molecule has 1 amide bonds. The van der Waals surface area contributed by atoms with Crippen LogP contribution in [0.5, 0.6) is 11.5 Å². The molecule has 3 heterocycles. The smallest absolute Gasteiger partial charge is 0.497 e. The molecular formula is C41H51N5O10PSi+. The lowest BCUT2D eigenvalue weighted by atomic mass is 9.80. The zero-order valence-electron chi connectivity index (χ0n) is 34.1. The Morgan fingerprint density at radius 1 is 0.948 bits per heavy atom. The standard InChI is InChI=1S/C41H50N5O10PSi/c1-25(2)36(47)44-39-43-35-32(37(48)45-39)42-24-46(35)38-34(56-58(8,9)40(3,4)5)33(55-57(49)50)31(54-38)23-53-41(26-13-11-10-12-14-26,27-15-19-29(51-6)20-16-27)28-17-21-30(52-7)22-18-28/h10-22,24-25,31,33-34,38H,23H2,1-9H3,(H2-,43,44,45,47,48,49,50)/p+1/t31-,33?,34+,38-/m1/s1. The van der Waals surface area contributed by atoms with Gasteiger partial charge < -0.3 is 23.4 Å². The summed E-state index contributed by atoms with van der Waals surface area (Å²) in [5, 5.41) is 2.35. The molecule has 0 saturated carbocycles. The number of nitrogens with one attached hydrogen (secondary N) is 2. The number of anilines is 1. The molecule has 6 rings (SSSR count). The van der Waals surface area contributed by atoms with E-state index in [4.69, 9.17) is 27.9 Å². The van der Waals surface area contributed by atoms with E-state index in [0.29, 0.717) is 11.5 Å². The SMILES string of the molecule is COc1ccc(C(OC[C@H]2O[C@@H](n3cnc4c(=O)[nH]c(NC(=O)C(C)C)nc43)[C@@H](O[Si](C)(C)C(C)(C)C)C2O[P+](=O)O)(c2ccccc2)c2ccc(OC)cc2)cc1. The van der Waals surface area contributed by atoms with Gasteiger partial charge in [0.15, 0.2) is 31.8 Å². The van der Waals surface area contributed by atoms with Gasteiger partial charge in [-0.25, -0.2) is 4.98 Å². The maximum absolute atomic E-state index is 13.3. The fraction of sp³-hybridized carbons (Fsp3) is 0.415. The number of amides is 1. The molecule has 1 aliphatic rings. The number of methoxy groups -OCH3 is 2. The Hall–Kier alpha value is -4.80. The van der Waals surface area contributed by atoms with Crippen LogP contribution in [0.2, 0.25) is 18.1 Å². The van der Waals surface area contributed by atoms with Crippen LogP contribution in [0.25, 0.3) is 11.2 Å². The van der Waals surface area contributed by atoms with E-state index in [2.05, 4.69) is 41.0 Å². The zero-order chi connectivity index (χ0) is 42.0. The number of benzene rings is 3. The first-order valence-electron chi connectivity index (χ1n) is 18.9. The van der Waals surface area contributed by atoms with Crippen LogP contribution in [0.15, 0.2) is 90.0 Å². The molecule has 0 spiro atoms. The minimum Gasteiger partial charge on any atom is -0.497 e. The van der Waals surface area contributed by atoms with Gasteiger partial charge in [-0.3, -0.25) is 24.5 Å². The number of rotatable bonds is 15. The number of fused-ring (bicyclic) bond motifs is 1. The number of ether oxygens (including phenoxy) is 4. The van der Waals surface area contributed by atoms with Gasteiger partial charge >= 0.3 is 8.25 Å². The van der Waals surface area contributed by atoms with Crippen LogP contribution in [-0.2, 0) is 33.4 Å². The Morgan fingerprint density at radius 3 is 2.03 bits per heavy atom. The second kappa shape index (κ2) is 17.2. The Balaban J connectivity index is 1.50. The maximum atomic E-state index is 13.3. The molecule has 15 nitrogen and oxygen atoms in total. The number of H-pyrrole nitrogens is 1. The summed E-state index contributed by atoms with van der Waals surface area (Å²) < 4.78 is 52.1. The van der Waals surface area contributed by atoms with E-state index in [-0.39, 0.29) is 40.6 Å². The number of aromatic nitrogens is 4. The Morgan fingerprint density at radius 2 is 1.52 bits per heavy atom. The number of nitrogens with zero attached hydrogens (tertiary/aromatic N) is 3. The highest BCUT2D eigenvalue weighted by Gasteiger charge is 2.56. The first-order valence-corrected chi connectivity index (χ1v) is 23.0. The normalized spacial score (nSPS) is 19.1. The van der Waals surface area contributed by atoms with Crippen LogP contribution in [0.4, 0.5) is 5.95 Å². The molecule has 5 atom stereocenters. The molecule has 5 aromatic rings. The number of carbonyl (C=O) groups is 1. The molecule has 0 bridgehead atoms. The average molecular weight is 833 g/mol. The highest BCUT2D eigenvalue weighted by atomic mass is 31.1. The maximum Gasteiger partial charge on any atom is 0.695 e. The molecule has 3 N–H and O–H groups in total. The predicted molar refractivity (Wildman–Crippen MR) is 221 cm³/mol. The van der Waals surface area contributed by atoms with Crippen LogP contribution in [0, 0.1) is 5.92 Å². The largest absolute Gasteiger partial charge is 0.695 e. The van der Waals surface area contributed by atoms with Crippen molar-refractivity contribution in [3.05, 3.63) is 112 Å². The molecule has 308 valence electrons. The van der Waals surface area contributed by atoms with Gasteiger partial charge in [0.05, 0.1) is 27.2 Å². The minimum absolute atomic E-state index is 0.00951. The second-order valence-electron chi connectivity index (χ2n) is 15.9. The van der Waals surface area contributed by atoms with Gasteiger partial charge in [0.1, 0.15) is 29.3 Å². The third kappa shape index (κ3) is 8.64. The van der Waals surface area contributed by atoms with Crippen molar-refractivity contribution in [2.75, 3.05) is 26.1 Å². The summed E-state index contributed by atoms with van der Waals surface area (Å²) >= 11 is 0. The Labute approximate surface area is 339 Å². The van der Waals surface area contributed by atoms with E-state index in [1.165, 1.54) is 10.9 Å². The molecule has 17 heteroatoms. The van der Waals surface area contributed by atoms with Crippen LogP contribution in [-0.4, -0.2) is 77.8 Å². The van der Waals surface area contributed by atoms with Crippen molar-refractivity contribution >= 4 is 39.6 Å². The number of aromatic amines is 1. The number of imidazole rings is 1. The summed E-state index contributed by atoms with van der Waals surface area (Å²) in [7, 11) is -2.67. The van der Waals surface area contributed by atoms with E-state index in [1.54, 1.807) is 28.1 Å². The van der Waals surface area contributed by atoms with Gasteiger partial charge in [-0.1, -0.05) is 89.2 Å². The summed E-state index contributed by atoms with van der Waals surface area (Å²) in [6.45, 7) is 13.6. The summed E-state index contributed by atoms with van der Waals surface area (Å²) in [6, 6.07) is 24.8. The molecule has 1 aliphatic heterocycles. The van der Waals surface area contributed by atoms with Crippen molar-refractivity contribution in [1.29, 1.82) is 0 Å². The summed E-state index contributed by atoms with van der Waals surface area (Å²) in [6.07, 6.45) is -2.88. The quantitative estimate of drug-likeness (QED) is 0.0555. The molecule has 2 aromatic heterocycles. The molecule has 0 radical (unpaired) electrons. The van der Waals surface area contributed by atoms with Crippen LogP contribution < -0.4 is 20.3 Å². The molecule has 2 unspecified atom stereocenters. The number of hydrogen-bond acceptors (Lipinski definition) is 11. The van der Waals surface area contributed by atoms with Crippen molar-refractivity contribution in [2.45, 2.75) is 82.9 Å². The lowest BCUT2D eigenvalue weighted by Gasteiger charge is -2.40. The zero-order valence-corrected chi connectivity index (χ0v) is 36.0. The Bertz CT molecular complexity index is 2230. The fourth-order valence-electron chi connectivity index (χ4n) is 6.65. The number of hydrogen-bond donors (Lipinski definition) is 3. The molecule has 1 fully saturated rings. The summed E-state index contributed by atoms with van der Waals surface area (Å²) in [5.41, 5.74) is 0.562. The van der Waals surface area contributed by atoms with Gasteiger partial charge in [-0.2, -0.15) is 4.98 Å².